The van der Waals surface area contributed by atoms with Crippen LogP contribution in [0.1, 0.15) is 0 Å². The van der Waals surface area contributed by atoms with E-state index < -0.39 is 0 Å². The molecule has 14 heavy (non-hydrogen) atoms. The van der Waals surface area contributed by atoms with Gasteiger partial charge in [-0.15, -0.1) is 12.6 Å². The predicted molar refractivity (Wildman–Crippen MR) is 66.3 cm³/mol. The molecule has 0 aliphatic heterocycles. The molecule has 0 aliphatic carbocycles. The van der Waals surface area contributed by atoms with E-state index in [1.807, 2.05) is 30.3 Å². The molecule has 0 aliphatic rings. The number of benzene rings is 2. The Balaban J connectivity index is 0.000000980. The van der Waals surface area contributed by atoms with Crippen LogP contribution in [0.15, 0.2) is 59.5 Å². The summed E-state index contributed by atoms with van der Waals surface area (Å²) in [4.78, 5) is 1.000. The van der Waals surface area contributed by atoms with Gasteiger partial charge >= 0.3 is 18.9 Å². The molecule has 0 aromatic heterocycles. The molecule has 0 atom stereocenters. The molecule has 0 radical (unpaired) electrons. The van der Waals surface area contributed by atoms with E-state index in [0.717, 1.165) is 4.90 Å². The van der Waals surface area contributed by atoms with Crippen LogP contribution in [0.4, 0.5) is 0 Å². The van der Waals surface area contributed by atoms with Crippen molar-refractivity contribution in [2.45, 2.75) is 4.90 Å². The summed E-state index contributed by atoms with van der Waals surface area (Å²) in [5.41, 5.74) is 2.48. The molecule has 0 bridgehead atoms. The molecule has 0 saturated heterocycles. The molecule has 2 aromatic carbocycles. The van der Waals surface area contributed by atoms with Gasteiger partial charge in [-0.2, -0.15) is 0 Å². The zero-order chi connectivity index (χ0) is 9.10. The monoisotopic (exact) mass is 194 g/mol. The summed E-state index contributed by atoms with van der Waals surface area (Å²) in [6, 6.07) is 18.5. The maximum absolute atomic E-state index is 4.24. The van der Waals surface area contributed by atoms with Crippen molar-refractivity contribution in [2.24, 2.45) is 0 Å². The Bertz CT molecular complexity index is 381. The Labute approximate surface area is 102 Å². The second kappa shape index (κ2) is 5.31. The first kappa shape index (κ1) is 11.5. The van der Waals surface area contributed by atoms with Gasteiger partial charge in [-0.3, -0.25) is 0 Å². The second-order valence-corrected chi connectivity index (χ2v) is 3.43. The molecule has 2 heteroatoms. The van der Waals surface area contributed by atoms with Crippen molar-refractivity contribution in [3.8, 4) is 11.1 Å². The molecule has 0 fully saturated rings. The van der Waals surface area contributed by atoms with E-state index in [2.05, 4.69) is 36.9 Å². The van der Waals surface area contributed by atoms with E-state index in [1.165, 1.54) is 11.1 Å². The first-order valence-corrected chi connectivity index (χ1v) is 4.65. The Kier molecular flexibility index (Phi) is 4.35. The van der Waals surface area contributed by atoms with Gasteiger partial charge in [0.25, 0.3) is 0 Å². The maximum atomic E-state index is 4.24. The van der Waals surface area contributed by atoms with E-state index in [-0.39, 0.29) is 18.9 Å². The minimum absolute atomic E-state index is 0. The molecular formula is C12H11LiS. The van der Waals surface area contributed by atoms with Crippen molar-refractivity contribution in [1.29, 1.82) is 0 Å². The average Bonchev–Trinajstić information content (AvgIpc) is 2.20. The van der Waals surface area contributed by atoms with E-state index in [1.54, 1.807) is 0 Å². The molecule has 66 valence electrons. The fraction of sp³-hybridized carbons (Fsp3) is 0. The van der Waals surface area contributed by atoms with Gasteiger partial charge in [-0.1, -0.05) is 42.5 Å². The third-order valence-corrected chi connectivity index (χ3v) is 2.27. The first-order valence-electron chi connectivity index (χ1n) is 4.21. The predicted octanol–water partition coefficient (Wildman–Crippen LogP) is 2.99. The third-order valence-electron chi connectivity index (χ3n) is 1.97. The van der Waals surface area contributed by atoms with Crippen LogP contribution in [0.25, 0.3) is 11.1 Å². The zero-order valence-corrected chi connectivity index (χ0v) is 8.04. The Hall–Kier alpha value is -0.613. The van der Waals surface area contributed by atoms with Crippen LogP contribution in [0.5, 0.6) is 0 Å². The number of hydrogen-bond acceptors (Lipinski definition) is 1. The fourth-order valence-corrected chi connectivity index (χ4v) is 1.43. The van der Waals surface area contributed by atoms with E-state index in [4.69, 9.17) is 0 Å². The van der Waals surface area contributed by atoms with Crippen LogP contribution < -0.4 is 0 Å². The summed E-state index contributed by atoms with van der Waals surface area (Å²) in [5.74, 6) is 0. The van der Waals surface area contributed by atoms with Crippen molar-refractivity contribution in [3.63, 3.8) is 0 Å². The van der Waals surface area contributed by atoms with Crippen LogP contribution >= 0.6 is 12.6 Å². The summed E-state index contributed by atoms with van der Waals surface area (Å²) >= 11 is 4.24. The molecular weight excluding hydrogens is 183 g/mol. The van der Waals surface area contributed by atoms with Gasteiger partial charge in [0.05, 0.1) is 0 Å². The fourth-order valence-electron chi connectivity index (χ4n) is 1.28. The van der Waals surface area contributed by atoms with Crippen molar-refractivity contribution in [3.05, 3.63) is 54.6 Å². The van der Waals surface area contributed by atoms with E-state index in [9.17, 15) is 0 Å². The molecule has 0 unspecified atom stereocenters. The van der Waals surface area contributed by atoms with Crippen LogP contribution in [-0.4, -0.2) is 18.9 Å². The SMILES string of the molecule is Sc1ccc(-c2ccccc2)cc1.[LiH]. The Morgan fingerprint density at radius 1 is 0.643 bits per heavy atom. The second-order valence-electron chi connectivity index (χ2n) is 2.91. The van der Waals surface area contributed by atoms with Gasteiger partial charge in [0, 0.05) is 4.90 Å². The molecule has 0 heterocycles. The van der Waals surface area contributed by atoms with Crippen LogP contribution in [0, 0.1) is 0 Å². The van der Waals surface area contributed by atoms with Gasteiger partial charge in [0.2, 0.25) is 0 Å². The van der Waals surface area contributed by atoms with Gasteiger partial charge in [0.1, 0.15) is 0 Å². The van der Waals surface area contributed by atoms with Crippen molar-refractivity contribution in [2.75, 3.05) is 0 Å². The first-order chi connectivity index (χ1) is 6.36. The van der Waals surface area contributed by atoms with E-state index >= 15 is 0 Å². The third kappa shape index (κ3) is 2.69. The molecule has 2 aromatic rings. The molecule has 0 saturated carbocycles. The van der Waals surface area contributed by atoms with Gasteiger partial charge < -0.3 is 0 Å². The quantitative estimate of drug-likeness (QED) is 0.523. The standard InChI is InChI=1S/C12H10S.Li.H/c13-12-8-6-11(7-9-12)10-4-2-1-3-5-10;;/h1-9,13H;;. The molecule has 0 nitrogen and oxygen atoms in total. The Morgan fingerprint density at radius 3 is 1.71 bits per heavy atom. The van der Waals surface area contributed by atoms with Crippen molar-refractivity contribution >= 4 is 31.5 Å². The van der Waals surface area contributed by atoms with Crippen LogP contribution in [0.2, 0.25) is 0 Å². The van der Waals surface area contributed by atoms with Crippen LogP contribution in [-0.2, 0) is 0 Å². The molecule has 2 rings (SSSR count). The summed E-state index contributed by atoms with van der Waals surface area (Å²) in [5, 5.41) is 0. The van der Waals surface area contributed by atoms with Gasteiger partial charge in [-0.05, 0) is 23.3 Å². The van der Waals surface area contributed by atoms with E-state index in [0.29, 0.717) is 0 Å². The Morgan fingerprint density at radius 2 is 1.14 bits per heavy atom. The number of hydrogen-bond donors (Lipinski definition) is 1. The van der Waals surface area contributed by atoms with Crippen molar-refractivity contribution < 1.29 is 0 Å². The summed E-state index contributed by atoms with van der Waals surface area (Å²) in [7, 11) is 0. The number of thiol groups is 1. The zero-order valence-electron chi connectivity index (χ0n) is 7.14. The van der Waals surface area contributed by atoms with Gasteiger partial charge in [-0.25, -0.2) is 0 Å². The summed E-state index contributed by atoms with van der Waals surface area (Å²) in [6.07, 6.45) is 0. The molecule has 0 N–H and O–H groups in total. The molecule has 0 spiro atoms. The van der Waals surface area contributed by atoms with Gasteiger partial charge in [0.15, 0.2) is 0 Å². The van der Waals surface area contributed by atoms with Crippen molar-refractivity contribution in [1.82, 2.24) is 0 Å². The minimum atomic E-state index is 0. The van der Waals surface area contributed by atoms with Crippen LogP contribution in [0.3, 0.4) is 0 Å². The number of rotatable bonds is 1. The summed E-state index contributed by atoms with van der Waals surface area (Å²) in [6.45, 7) is 0. The summed E-state index contributed by atoms with van der Waals surface area (Å²) < 4.78 is 0. The average molecular weight is 194 g/mol. The molecule has 0 amide bonds. The normalized spacial score (nSPS) is 9.21. The topological polar surface area (TPSA) is 0 Å².